The van der Waals surface area contributed by atoms with Gasteiger partial charge < -0.3 is 4.74 Å². The molecule has 1 aliphatic carbocycles. The molecular weight excluding hydrogens is 367 g/mol. The molecule has 1 saturated heterocycles. The Bertz CT molecular complexity index is 556. The number of ketones is 1. The molecule has 3 nitrogen and oxygen atoms in total. The number of alkyl halides is 1. The van der Waals surface area contributed by atoms with E-state index in [-0.39, 0.29) is 15.7 Å². The predicted octanol–water partition coefficient (Wildman–Crippen LogP) is 3.09. The topological polar surface area (TPSA) is 43.4 Å². The fourth-order valence-corrected chi connectivity index (χ4v) is 5.24. The van der Waals surface area contributed by atoms with Crippen LogP contribution in [0.2, 0.25) is 0 Å². The SMILES string of the molecule is CC[C@@]12C(=O)CC[C@@](Cc3ccccc3)(OC1=O)[C@@H]2I. The van der Waals surface area contributed by atoms with Crippen LogP contribution in [0.25, 0.3) is 0 Å². The van der Waals surface area contributed by atoms with Crippen LogP contribution >= 0.6 is 22.6 Å². The number of carbonyl (C=O) groups is 2. The van der Waals surface area contributed by atoms with Crippen molar-refractivity contribution < 1.29 is 14.3 Å². The summed E-state index contributed by atoms with van der Waals surface area (Å²) in [4.78, 5) is 24.7. The first-order valence-corrected chi connectivity index (χ1v) is 8.24. The van der Waals surface area contributed by atoms with E-state index < -0.39 is 11.0 Å². The quantitative estimate of drug-likeness (QED) is 0.348. The van der Waals surface area contributed by atoms with Crippen molar-refractivity contribution in [3.05, 3.63) is 35.9 Å². The summed E-state index contributed by atoms with van der Waals surface area (Å²) in [5.74, 6) is -0.247. The van der Waals surface area contributed by atoms with E-state index in [1.54, 1.807) is 0 Å². The van der Waals surface area contributed by atoms with Gasteiger partial charge in [0.1, 0.15) is 11.0 Å². The van der Waals surface area contributed by atoms with E-state index >= 15 is 0 Å². The van der Waals surface area contributed by atoms with Crippen molar-refractivity contribution in [2.45, 2.75) is 42.1 Å². The molecule has 2 aliphatic rings. The van der Waals surface area contributed by atoms with Gasteiger partial charge in [-0.15, -0.1) is 0 Å². The van der Waals surface area contributed by atoms with Gasteiger partial charge in [-0.2, -0.15) is 0 Å². The molecule has 0 amide bonds. The summed E-state index contributed by atoms with van der Waals surface area (Å²) in [7, 11) is 0. The Hall–Kier alpha value is -0.910. The molecule has 3 atom stereocenters. The largest absolute Gasteiger partial charge is 0.457 e. The van der Waals surface area contributed by atoms with Crippen LogP contribution in [-0.2, 0) is 20.7 Å². The van der Waals surface area contributed by atoms with Gasteiger partial charge in [0.25, 0.3) is 0 Å². The zero-order valence-electron chi connectivity index (χ0n) is 11.4. The Balaban J connectivity index is 1.99. The van der Waals surface area contributed by atoms with Gasteiger partial charge >= 0.3 is 5.97 Å². The van der Waals surface area contributed by atoms with Crippen molar-refractivity contribution in [1.29, 1.82) is 0 Å². The van der Waals surface area contributed by atoms with Gasteiger partial charge in [0.2, 0.25) is 0 Å². The molecule has 0 N–H and O–H groups in total. The maximum atomic E-state index is 12.4. The highest BCUT2D eigenvalue weighted by molar-refractivity contribution is 14.1. The lowest BCUT2D eigenvalue weighted by molar-refractivity contribution is -0.154. The van der Waals surface area contributed by atoms with Crippen LogP contribution in [0.1, 0.15) is 31.7 Å². The first kappa shape index (κ1) is 14.0. The summed E-state index contributed by atoms with van der Waals surface area (Å²) in [6.45, 7) is 1.91. The third-order valence-corrected chi connectivity index (χ3v) is 6.93. The number of esters is 1. The van der Waals surface area contributed by atoms with E-state index in [4.69, 9.17) is 4.74 Å². The lowest BCUT2D eigenvalue weighted by Gasteiger charge is -2.38. The molecule has 4 heteroatoms. The third kappa shape index (κ3) is 1.76. The van der Waals surface area contributed by atoms with Crippen LogP contribution in [-0.4, -0.2) is 21.3 Å². The summed E-state index contributed by atoms with van der Waals surface area (Å²) in [5, 5.41) is 0. The smallest absolute Gasteiger partial charge is 0.321 e. The summed E-state index contributed by atoms with van der Waals surface area (Å²) in [6, 6.07) is 10.1. The molecule has 1 aromatic rings. The number of hydrogen-bond donors (Lipinski definition) is 0. The molecule has 20 heavy (non-hydrogen) atoms. The van der Waals surface area contributed by atoms with Crippen molar-refractivity contribution in [1.82, 2.24) is 0 Å². The van der Waals surface area contributed by atoms with E-state index in [0.29, 0.717) is 25.7 Å². The summed E-state index contributed by atoms with van der Waals surface area (Å²) in [5.41, 5.74) is -0.264. The normalized spacial score (nSPS) is 36.0. The van der Waals surface area contributed by atoms with Crippen LogP contribution in [0.3, 0.4) is 0 Å². The van der Waals surface area contributed by atoms with Crippen molar-refractivity contribution in [2.24, 2.45) is 5.41 Å². The molecule has 0 aromatic heterocycles. The number of halogens is 1. The van der Waals surface area contributed by atoms with Crippen molar-refractivity contribution >= 4 is 34.3 Å². The van der Waals surface area contributed by atoms with Crippen LogP contribution in [0.15, 0.2) is 30.3 Å². The highest BCUT2D eigenvalue weighted by Gasteiger charge is 2.68. The van der Waals surface area contributed by atoms with E-state index in [1.165, 1.54) is 0 Å². The van der Waals surface area contributed by atoms with E-state index in [2.05, 4.69) is 22.6 Å². The lowest BCUT2D eigenvalue weighted by atomic mass is 9.66. The second kappa shape index (κ2) is 4.83. The Morgan fingerprint density at radius 2 is 2.00 bits per heavy atom. The molecular formula is C16H17IO3. The predicted molar refractivity (Wildman–Crippen MR) is 83.7 cm³/mol. The molecule has 106 valence electrons. The number of carbonyl (C=O) groups excluding carboxylic acids is 2. The van der Waals surface area contributed by atoms with Crippen LogP contribution < -0.4 is 0 Å². The number of rotatable bonds is 3. The van der Waals surface area contributed by atoms with E-state index in [9.17, 15) is 9.59 Å². The number of benzene rings is 1. The Morgan fingerprint density at radius 1 is 1.30 bits per heavy atom. The molecule has 1 aromatic carbocycles. The lowest BCUT2D eigenvalue weighted by Crippen LogP contribution is -2.52. The molecule has 0 radical (unpaired) electrons. The maximum Gasteiger partial charge on any atom is 0.321 e. The Kier molecular flexibility index (Phi) is 3.39. The second-order valence-corrected chi connectivity index (χ2v) is 6.97. The molecule has 1 saturated carbocycles. The highest BCUT2D eigenvalue weighted by Crippen LogP contribution is 2.55. The zero-order chi connectivity index (χ0) is 14.4. The van der Waals surface area contributed by atoms with Gasteiger partial charge in [-0.1, -0.05) is 59.8 Å². The minimum atomic E-state index is -0.909. The highest BCUT2D eigenvalue weighted by atomic mass is 127. The van der Waals surface area contributed by atoms with Crippen LogP contribution in [0.5, 0.6) is 0 Å². The Labute approximate surface area is 132 Å². The molecule has 2 fully saturated rings. The van der Waals surface area contributed by atoms with Crippen molar-refractivity contribution in [2.75, 3.05) is 0 Å². The first-order chi connectivity index (χ1) is 9.55. The summed E-state index contributed by atoms with van der Waals surface area (Å²) >= 11 is 2.27. The average molecular weight is 384 g/mol. The fraction of sp³-hybridized carbons (Fsp3) is 0.500. The van der Waals surface area contributed by atoms with E-state index in [1.807, 2.05) is 37.3 Å². The number of fused-ring (bicyclic) bond motifs is 2. The maximum absolute atomic E-state index is 12.4. The first-order valence-electron chi connectivity index (χ1n) is 7.00. The number of hydrogen-bond acceptors (Lipinski definition) is 3. The van der Waals surface area contributed by atoms with Gasteiger partial charge in [-0.05, 0) is 18.4 Å². The van der Waals surface area contributed by atoms with Crippen LogP contribution in [0, 0.1) is 5.41 Å². The molecule has 1 aliphatic heterocycles. The Morgan fingerprint density at radius 3 is 2.65 bits per heavy atom. The monoisotopic (exact) mass is 384 g/mol. The molecule has 3 rings (SSSR count). The van der Waals surface area contributed by atoms with Gasteiger partial charge in [0, 0.05) is 12.8 Å². The van der Waals surface area contributed by atoms with Gasteiger partial charge in [-0.3, -0.25) is 9.59 Å². The van der Waals surface area contributed by atoms with Gasteiger partial charge in [-0.25, -0.2) is 0 Å². The van der Waals surface area contributed by atoms with Gasteiger partial charge in [0.15, 0.2) is 5.78 Å². The molecule has 0 spiro atoms. The zero-order valence-corrected chi connectivity index (χ0v) is 13.6. The second-order valence-electron chi connectivity index (χ2n) is 5.73. The van der Waals surface area contributed by atoms with E-state index in [0.717, 1.165) is 5.56 Å². The summed E-state index contributed by atoms with van der Waals surface area (Å²) in [6.07, 6.45) is 2.32. The van der Waals surface area contributed by atoms with Crippen molar-refractivity contribution in [3.63, 3.8) is 0 Å². The standard InChI is InChI=1S/C16H17IO3/c1-2-16-12(18)8-9-15(13(16)17,20-14(16)19)10-11-6-4-3-5-7-11/h3-7,13H,2,8-10H2,1H3/t13-,15-,16-/m0/s1. The minimum absolute atomic E-state index is 0.0607. The average Bonchev–Trinajstić information content (AvgIpc) is 2.58. The van der Waals surface area contributed by atoms with Crippen LogP contribution in [0.4, 0.5) is 0 Å². The molecule has 1 heterocycles. The number of ether oxygens (including phenoxy) is 1. The van der Waals surface area contributed by atoms with Crippen molar-refractivity contribution in [3.8, 4) is 0 Å². The minimum Gasteiger partial charge on any atom is -0.457 e. The molecule has 2 bridgehead atoms. The fourth-order valence-electron chi connectivity index (χ4n) is 3.54. The van der Waals surface area contributed by atoms with Gasteiger partial charge in [0.05, 0.1) is 3.92 Å². The number of Topliss-reactive ketones (excluding diaryl/α,β-unsaturated/α-hetero) is 1. The third-order valence-electron chi connectivity index (χ3n) is 4.73. The molecule has 0 unspecified atom stereocenters. The summed E-state index contributed by atoms with van der Waals surface area (Å²) < 4.78 is 5.71.